The average molecular weight is 215 g/mol. The Morgan fingerprint density at radius 3 is 2.69 bits per heavy atom. The van der Waals surface area contributed by atoms with Gasteiger partial charge in [0.2, 0.25) is 0 Å². The molecule has 16 heavy (non-hydrogen) atoms. The van der Waals surface area contributed by atoms with Crippen molar-refractivity contribution in [2.75, 3.05) is 0 Å². The Kier molecular flexibility index (Phi) is 3.33. The fraction of sp³-hybridized carbons (Fsp3) is 0.467. The molecule has 1 aromatic heterocycles. The summed E-state index contributed by atoms with van der Waals surface area (Å²) in [7, 11) is 0. The van der Waals surface area contributed by atoms with Gasteiger partial charge in [0.05, 0.1) is 0 Å². The molecule has 0 aliphatic carbocycles. The van der Waals surface area contributed by atoms with Gasteiger partial charge in [-0.15, -0.1) is 0 Å². The van der Waals surface area contributed by atoms with E-state index < -0.39 is 0 Å². The lowest BCUT2D eigenvalue weighted by molar-refractivity contribution is 0.514. The monoisotopic (exact) mass is 215 g/mol. The number of hydrogen-bond acceptors (Lipinski definition) is 0. The predicted octanol–water partition coefficient (Wildman–Crippen LogP) is 4.39. The second-order valence-electron chi connectivity index (χ2n) is 5.03. The van der Waals surface area contributed by atoms with Crippen LogP contribution in [0.4, 0.5) is 0 Å². The Morgan fingerprint density at radius 1 is 1.19 bits per heavy atom. The fourth-order valence-corrected chi connectivity index (χ4v) is 2.30. The first-order valence-electron chi connectivity index (χ1n) is 6.23. The van der Waals surface area contributed by atoms with Gasteiger partial charge in [-0.3, -0.25) is 0 Å². The van der Waals surface area contributed by atoms with Gasteiger partial charge in [-0.05, 0) is 43.2 Å². The Morgan fingerprint density at radius 2 is 1.94 bits per heavy atom. The second kappa shape index (κ2) is 4.73. The normalized spacial score (nSPS) is 11.5. The van der Waals surface area contributed by atoms with Gasteiger partial charge in [0.15, 0.2) is 0 Å². The topological polar surface area (TPSA) is 4.93 Å². The van der Waals surface area contributed by atoms with Gasteiger partial charge >= 0.3 is 0 Å². The number of rotatable bonds is 4. The number of aromatic nitrogens is 1. The molecule has 0 amide bonds. The molecule has 1 nitrogen and oxygen atoms in total. The van der Waals surface area contributed by atoms with Crippen molar-refractivity contribution in [3.63, 3.8) is 0 Å². The molecule has 1 heteroatoms. The number of aryl methyl sites for hydroxylation is 2. The number of hydrogen-bond donors (Lipinski definition) is 0. The van der Waals surface area contributed by atoms with E-state index in [1.165, 1.54) is 29.4 Å². The molecule has 0 saturated carbocycles. The van der Waals surface area contributed by atoms with E-state index in [1.54, 1.807) is 0 Å². The SMILES string of the molecule is Cc1cc2ccccc2n1CCCC(C)C. The van der Waals surface area contributed by atoms with Gasteiger partial charge in [0.25, 0.3) is 0 Å². The smallest absolute Gasteiger partial charge is 0.0482 e. The summed E-state index contributed by atoms with van der Waals surface area (Å²) in [5.74, 6) is 0.808. The maximum absolute atomic E-state index is 2.44. The van der Waals surface area contributed by atoms with E-state index in [0.29, 0.717) is 0 Å². The predicted molar refractivity (Wildman–Crippen MR) is 70.7 cm³/mol. The third kappa shape index (κ3) is 2.29. The van der Waals surface area contributed by atoms with Gasteiger partial charge in [-0.25, -0.2) is 0 Å². The van der Waals surface area contributed by atoms with Crippen LogP contribution in [0, 0.1) is 12.8 Å². The Balaban J connectivity index is 2.19. The van der Waals surface area contributed by atoms with Crippen molar-refractivity contribution in [3.05, 3.63) is 36.0 Å². The van der Waals surface area contributed by atoms with Gasteiger partial charge < -0.3 is 4.57 Å². The van der Waals surface area contributed by atoms with Crippen molar-refractivity contribution in [2.45, 2.75) is 40.2 Å². The van der Waals surface area contributed by atoms with Gasteiger partial charge in [-0.1, -0.05) is 32.0 Å². The first-order chi connectivity index (χ1) is 7.68. The minimum Gasteiger partial charge on any atom is -0.345 e. The molecular weight excluding hydrogens is 194 g/mol. The number of nitrogens with zero attached hydrogens (tertiary/aromatic N) is 1. The third-order valence-electron chi connectivity index (χ3n) is 3.18. The third-order valence-corrected chi connectivity index (χ3v) is 3.18. The maximum atomic E-state index is 2.44. The van der Waals surface area contributed by atoms with E-state index in [0.717, 1.165) is 12.5 Å². The maximum Gasteiger partial charge on any atom is 0.0482 e. The zero-order valence-corrected chi connectivity index (χ0v) is 10.5. The van der Waals surface area contributed by atoms with Gasteiger partial charge in [0, 0.05) is 17.8 Å². The second-order valence-corrected chi connectivity index (χ2v) is 5.03. The van der Waals surface area contributed by atoms with Crippen LogP contribution in [0.5, 0.6) is 0 Å². The number of fused-ring (bicyclic) bond motifs is 1. The molecule has 0 saturated heterocycles. The van der Waals surface area contributed by atoms with Crippen molar-refractivity contribution >= 4 is 10.9 Å². The summed E-state index contributed by atoms with van der Waals surface area (Å²) >= 11 is 0. The summed E-state index contributed by atoms with van der Waals surface area (Å²) in [5, 5.41) is 1.37. The van der Waals surface area contributed by atoms with Crippen LogP contribution >= 0.6 is 0 Å². The molecule has 1 heterocycles. The van der Waals surface area contributed by atoms with Crippen LogP contribution in [0.15, 0.2) is 30.3 Å². The molecule has 0 radical (unpaired) electrons. The summed E-state index contributed by atoms with van der Waals surface area (Å²) in [6, 6.07) is 10.9. The fourth-order valence-electron chi connectivity index (χ4n) is 2.30. The zero-order valence-electron chi connectivity index (χ0n) is 10.5. The minimum atomic E-state index is 0.808. The van der Waals surface area contributed by atoms with Crippen LogP contribution in [-0.2, 0) is 6.54 Å². The van der Waals surface area contributed by atoms with E-state index >= 15 is 0 Å². The molecule has 0 fully saturated rings. The molecule has 0 N–H and O–H groups in total. The lowest BCUT2D eigenvalue weighted by Gasteiger charge is -2.09. The van der Waals surface area contributed by atoms with Crippen molar-refractivity contribution in [2.24, 2.45) is 5.92 Å². The molecule has 2 aromatic rings. The summed E-state index contributed by atoms with van der Waals surface area (Å²) < 4.78 is 2.44. The molecule has 2 rings (SSSR count). The van der Waals surface area contributed by atoms with E-state index in [4.69, 9.17) is 0 Å². The Bertz CT molecular complexity index is 465. The van der Waals surface area contributed by atoms with E-state index in [9.17, 15) is 0 Å². The van der Waals surface area contributed by atoms with Gasteiger partial charge in [-0.2, -0.15) is 0 Å². The molecule has 0 atom stereocenters. The summed E-state index contributed by atoms with van der Waals surface area (Å²) in [5.41, 5.74) is 2.76. The molecule has 86 valence electrons. The quantitative estimate of drug-likeness (QED) is 0.713. The van der Waals surface area contributed by atoms with E-state index in [1.807, 2.05) is 0 Å². The summed E-state index contributed by atoms with van der Waals surface area (Å²) in [6.07, 6.45) is 2.59. The van der Waals surface area contributed by atoms with Crippen molar-refractivity contribution in [1.29, 1.82) is 0 Å². The largest absolute Gasteiger partial charge is 0.345 e. The van der Waals surface area contributed by atoms with Crippen LogP contribution < -0.4 is 0 Å². The van der Waals surface area contributed by atoms with Gasteiger partial charge in [0.1, 0.15) is 0 Å². The minimum absolute atomic E-state index is 0.808. The highest BCUT2D eigenvalue weighted by molar-refractivity contribution is 5.81. The van der Waals surface area contributed by atoms with Crippen molar-refractivity contribution in [1.82, 2.24) is 4.57 Å². The average Bonchev–Trinajstić information content (AvgIpc) is 2.55. The number of benzene rings is 1. The van der Waals surface area contributed by atoms with Crippen molar-refractivity contribution in [3.8, 4) is 0 Å². The summed E-state index contributed by atoms with van der Waals surface area (Å²) in [4.78, 5) is 0. The highest BCUT2D eigenvalue weighted by Crippen LogP contribution is 2.20. The van der Waals surface area contributed by atoms with Crippen LogP contribution in [0.2, 0.25) is 0 Å². The molecule has 0 aliphatic rings. The van der Waals surface area contributed by atoms with Crippen LogP contribution in [0.3, 0.4) is 0 Å². The lowest BCUT2D eigenvalue weighted by atomic mass is 10.1. The van der Waals surface area contributed by atoms with Crippen LogP contribution in [0.1, 0.15) is 32.4 Å². The molecule has 0 spiro atoms. The van der Waals surface area contributed by atoms with Crippen LogP contribution in [-0.4, -0.2) is 4.57 Å². The Hall–Kier alpha value is -1.24. The zero-order chi connectivity index (χ0) is 11.5. The lowest BCUT2D eigenvalue weighted by Crippen LogP contribution is -2.01. The highest BCUT2D eigenvalue weighted by atomic mass is 15.0. The summed E-state index contributed by atoms with van der Waals surface area (Å²) in [6.45, 7) is 7.94. The first kappa shape index (κ1) is 11.3. The molecular formula is C15H21N. The first-order valence-corrected chi connectivity index (χ1v) is 6.23. The van der Waals surface area contributed by atoms with Crippen molar-refractivity contribution < 1.29 is 0 Å². The molecule has 0 aliphatic heterocycles. The number of para-hydroxylation sites is 1. The Labute approximate surface area is 98.1 Å². The highest BCUT2D eigenvalue weighted by Gasteiger charge is 2.04. The van der Waals surface area contributed by atoms with Crippen LogP contribution in [0.25, 0.3) is 10.9 Å². The molecule has 1 aromatic carbocycles. The molecule has 0 unspecified atom stereocenters. The van der Waals surface area contributed by atoms with E-state index in [-0.39, 0.29) is 0 Å². The van der Waals surface area contributed by atoms with E-state index in [2.05, 4.69) is 55.7 Å². The standard InChI is InChI=1S/C15H21N/c1-12(2)7-6-10-16-13(3)11-14-8-4-5-9-15(14)16/h4-5,8-9,11-12H,6-7,10H2,1-3H3. The molecule has 0 bridgehead atoms.